The second kappa shape index (κ2) is 5.62. The highest BCUT2D eigenvalue weighted by Gasteiger charge is 2.13. The molecule has 0 aliphatic rings. The Hall–Kier alpha value is -1.54. The molecule has 0 aliphatic heterocycles. The molecule has 2 N–H and O–H groups in total. The molecule has 0 aliphatic carbocycles. The quantitative estimate of drug-likeness (QED) is 0.889. The van der Waals surface area contributed by atoms with Crippen molar-refractivity contribution < 1.29 is 8.78 Å². The Morgan fingerprint density at radius 3 is 2.26 bits per heavy atom. The van der Waals surface area contributed by atoms with E-state index in [2.05, 4.69) is 41.5 Å². The molecule has 0 amide bonds. The summed E-state index contributed by atoms with van der Waals surface area (Å²) in [7, 11) is 1.58. The van der Waals surface area contributed by atoms with Crippen LogP contribution >= 0.6 is 27.5 Å². The third-order valence-electron chi connectivity index (χ3n) is 2.08. The lowest BCUT2D eigenvalue weighted by Gasteiger charge is -2.08. The Labute approximate surface area is 120 Å². The van der Waals surface area contributed by atoms with Gasteiger partial charge in [-0.2, -0.15) is 15.0 Å². The highest BCUT2D eigenvalue weighted by atomic mass is 79.9. The zero-order chi connectivity index (χ0) is 14.0. The van der Waals surface area contributed by atoms with Gasteiger partial charge in [-0.1, -0.05) is 15.9 Å². The van der Waals surface area contributed by atoms with Gasteiger partial charge in [0, 0.05) is 11.5 Å². The fourth-order valence-electron chi connectivity index (χ4n) is 1.29. The van der Waals surface area contributed by atoms with Gasteiger partial charge in [0.2, 0.25) is 17.2 Å². The molecule has 0 saturated heterocycles. The van der Waals surface area contributed by atoms with Gasteiger partial charge >= 0.3 is 0 Å². The molecule has 19 heavy (non-hydrogen) atoms. The Balaban J connectivity index is 2.39. The highest BCUT2D eigenvalue weighted by molar-refractivity contribution is 9.10. The number of nitrogens with zero attached hydrogens (tertiary/aromatic N) is 3. The number of halogens is 4. The first-order valence-electron chi connectivity index (χ1n) is 5.00. The van der Waals surface area contributed by atoms with E-state index in [1.807, 2.05) is 0 Å². The molecule has 5 nitrogen and oxygen atoms in total. The molecule has 0 fully saturated rings. The van der Waals surface area contributed by atoms with Gasteiger partial charge in [-0.05, 0) is 23.7 Å². The van der Waals surface area contributed by atoms with Crippen LogP contribution in [0.2, 0.25) is 5.28 Å². The Kier molecular flexibility index (Phi) is 4.11. The minimum Gasteiger partial charge on any atom is -0.357 e. The van der Waals surface area contributed by atoms with Gasteiger partial charge < -0.3 is 10.6 Å². The summed E-state index contributed by atoms with van der Waals surface area (Å²) in [5.41, 5.74) is -0.368. The summed E-state index contributed by atoms with van der Waals surface area (Å²) in [5.74, 6) is -1.45. The maximum absolute atomic E-state index is 13.6. The third-order valence-corrected chi connectivity index (χ3v) is 2.70. The van der Waals surface area contributed by atoms with Crippen molar-refractivity contribution in [3.05, 3.63) is 33.5 Å². The lowest BCUT2D eigenvalue weighted by molar-refractivity contribution is 0.589. The van der Waals surface area contributed by atoms with Crippen LogP contribution in [0.3, 0.4) is 0 Å². The van der Waals surface area contributed by atoms with Crippen LogP contribution in [0.1, 0.15) is 0 Å². The average Bonchev–Trinajstić information content (AvgIpc) is 2.33. The molecule has 0 spiro atoms. The summed E-state index contributed by atoms with van der Waals surface area (Å²) in [6, 6.07) is 2.24. The largest absolute Gasteiger partial charge is 0.357 e. The minimum atomic E-state index is -0.783. The second-order valence-corrected chi connectivity index (χ2v) is 4.62. The predicted molar refractivity (Wildman–Crippen MR) is 71.7 cm³/mol. The van der Waals surface area contributed by atoms with Crippen LogP contribution in [-0.4, -0.2) is 22.0 Å². The Morgan fingerprint density at radius 1 is 1.11 bits per heavy atom. The number of hydrogen-bond donors (Lipinski definition) is 2. The molecule has 1 aromatic carbocycles. The van der Waals surface area contributed by atoms with Crippen molar-refractivity contribution in [1.82, 2.24) is 15.0 Å². The Bertz CT molecular complexity index is 602. The van der Waals surface area contributed by atoms with Crippen LogP contribution in [-0.2, 0) is 0 Å². The van der Waals surface area contributed by atoms with Crippen LogP contribution in [0.25, 0.3) is 0 Å². The molecule has 0 saturated carbocycles. The maximum Gasteiger partial charge on any atom is 0.233 e. The lowest BCUT2D eigenvalue weighted by atomic mass is 10.3. The predicted octanol–water partition coefficient (Wildman–Crippen LogP) is 3.35. The van der Waals surface area contributed by atoms with Gasteiger partial charge in [-0.15, -0.1) is 0 Å². The first-order valence-corrected chi connectivity index (χ1v) is 6.17. The topological polar surface area (TPSA) is 62.7 Å². The van der Waals surface area contributed by atoms with Gasteiger partial charge in [0.15, 0.2) is 11.6 Å². The molecule has 9 heteroatoms. The van der Waals surface area contributed by atoms with E-state index in [9.17, 15) is 8.78 Å². The summed E-state index contributed by atoms with van der Waals surface area (Å²) in [4.78, 5) is 11.4. The fraction of sp³-hybridized carbons (Fsp3) is 0.100. The van der Waals surface area contributed by atoms with E-state index in [-0.39, 0.29) is 27.3 Å². The Morgan fingerprint density at radius 2 is 1.68 bits per heavy atom. The number of nitrogens with one attached hydrogen (secondary N) is 2. The summed E-state index contributed by atoms with van der Waals surface area (Å²) in [5, 5.41) is 4.98. The molecule has 1 heterocycles. The highest BCUT2D eigenvalue weighted by Crippen LogP contribution is 2.26. The molecule has 2 aromatic rings. The number of aromatic nitrogens is 3. The van der Waals surface area contributed by atoms with Crippen LogP contribution in [0.4, 0.5) is 26.4 Å². The molecule has 0 bridgehead atoms. The molecule has 0 radical (unpaired) electrons. The molecule has 0 unspecified atom stereocenters. The van der Waals surface area contributed by atoms with E-state index in [4.69, 9.17) is 11.6 Å². The first kappa shape index (κ1) is 13.9. The van der Waals surface area contributed by atoms with Gasteiger partial charge in [-0.25, -0.2) is 8.78 Å². The molecule has 0 atom stereocenters. The van der Waals surface area contributed by atoms with Gasteiger partial charge in [0.05, 0.1) is 0 Å². The zero-order valence-electron chi connectivity index (χ0n) is 9.51. The van der Waals surface area contributed by atoms with Crippen molar-refractivity contribution in [3.8, 4) is 0 Å². The molecule has 100 valence electrons. The standard InChI is InChI=1S/C10H7BrClF2N5/c1-15-9-17-8(12)18-10(19-9)16-7-5(13)2-4(11)3-6(7)14/h2-3H,1H3,(H2,15,16,17,18,19). The van der Waals surface area contributed by atoms with E-state index in [1.165, 1.54) is 0 Å². The number of hydrogen-bond acceptors (Lipinski definition) is 5. The molecule has 1 aromatic heterocycles. The summed E-state index contributed by atoms with van der Waals surface area (Å²) in [6.07, 6.45) is 0. The first-order chi connectivity index (χ1) is 8.99. The van der Waals surface area contributed by atoms with Crippen LogP contribution in [0.15, 0.2) is 16.6 Å². The van der Waals surface area contributed by atoms with Gasteiger partial charge in [-0.3, -0.25) is 0 Å². The van der Waals surface area contributed by atoms with Crippen molar-refractivity contribution in [2.45, 2.75) is 0 Å². The van der Waals surface area contributed by atoms with Crippen molar-refractivity contribution in [2.24, 2.45) is 0 Å². The minimum absolute atomic E-state index is 0.0653. The van der Waals surface area contributed by atoms with Crippen molar-refractivity contribution in [1.29, 1.82) is 0 Å². The van der Waals surface area contributed by atoms with Crippen LogP contribution in [0.5, 0.6) is 0 Å². The van der Waals surface area contributed by atoms with E-state index in [0.29, 0.717) is 0 Å². The van der Waals surface area contributed by atoms with Crippen molar-refractivity contribution >= 4 is 45.1 Å². The second-order valence-electron chi connectivity index (χ2n) is 3.37. The van der Waals surface area contributed by atoms with Crippen molar-refractivity contribution in [2.75, 3.05) is 17.7 Å². The summed E-state index contributed by atoms with van der Waals surface area (Å²) < 4.78 is 27.5. The van der Waals surface area contributed by atoms with Crippen LogP contribution in [0, 0.1) is 11.6 Å². The monoisotopic (exact) mass is 349 g/mol. The normalized spacial score (nSPS) is 10.4. The number of benzene rings is 1. The summed E-state index contributed by atoms with van der Waals surface area (Å²) in [6.45, 7) is 0. The van der Waals surface area contributed by atoms with E-state index in [1.54, 1.807) is 7.05 Å². The van der Waals surface area contributed by atoms with Gasteiger partial charge in [0.1, 0.15) is 5.69 Å². The number of anilines is 3. The zero-order valence-corrected chi connectivity index (χ0v) is 11.9. The molecule has 2 rings (SSSR count). The fourth-order valence-corrected chi connectivity index (χ4v) is 1.85. The SMILES string of the molecule is CNc1nc(Cl)nc(Nc2c(F)cc(Br)cc2F)n1. The third kappa shape index (κ3) is 3.27. The summed E-state index contributed by atoms with van der Waals surface area (Å²) >= 11 is 8.65. The van der Waals surface area contributed by atoms with E-state index in [0.717, 1.165) is 12.1 Å². The smallest absolute Gasteiger partial charge is 0.233 e. The van der Waals surface area contributed by atoms with Gasteiger partial charge in [0.25, 0.3) is 0 Å². The average molecular weight is 351 g/mol. The number of rotatable bonds is 3. The van der Waals surface area contributed by atoms with Crippen molar-refractivity contribution in [3.63, 3.8) is 0 Å². The molecular formula is C10H7BrClF2N5. The van der Waals surface area contributed by atoms with E-state index >= 15 is 0 Å². The van der Waals surface area contributed by atoms with E-state index < -0.39 is 11.6 Å². The van der Waals surface area contributed by atoms with Crippen LogP contribution < -0.4 is 10.6 Å². The molecular weight excluding hydrogens is 343 g/mol. The lowest BCUT2D eigenvalue weighted by Crippen LogP contribution is -2.06. The maximum atomic E-state index is 13.6.